The van der Waals surface area contributed by atoms with Crippen LogP contribution in [0.1, 0.15) is 24.3 Å². The first-order valence-electron chi connectivity index (χ1n) is 5.27. The van der Waals surface area contributed by atoms with Gasteiger partial charge < -0.3 is 9.73 Å². The monoisotopic (exact) mass is 279 g/mol. The van der Waals surface area contributed by atoms with E-state index in [0.717, 1.165) is 16.8 Å². The molecule has 0 saturated carbocycles. The molecule has 2 rings (SSSR count). The van der Waals surface area contributed by atoms with Crippen molar-refractivity contribution in [2.75, 3.05) is 0 Å². The highest BCUT2D eigenvalue weighted by Crippen LogP contribution is 2.18. The predicted molar refractivity (Wildman–Crippen MR) is 68.1 cm³/mol. The molecule has 0 amide bonds. The van der Waals surface area contributed by atoms with Gasteiger partial charge in [0.25, 0.3) is 0 Å². The van der Waals surface area contributed by atoms with Crippen LogP contribution in [-0.4, -0.2) is 0 Å². The topological polar surface area (TPSA) is 25.2 Å². The highest BCUT2D eigenvalue weighted by atomic mass is 79.9. The van der Waals surface area contributed by atoms with Crippen molar-refractivity contribution in [3.05, 3.63) is 58.5 Å². The summed E-state index contributed by atoms with van der Waals surface area (Å²) in [7, 11) is 0. The molecule has 0 bridgehead atoms. The molecular formula is C13H14BrNO. The third-order valence-electron chi connectivity index (χ3n) is 2.53. The zero-order valence-electron chi connectivity index (χ0n) is 9.11. The Kier molecular flexibility index (Phi) is 3.80. The summed E-state index contributed by atoms with van der Waals surface area (Å²) in [6.07, 6.45) is 1.70. The van der Waals surface area contributed by atoms with Crippen LogP contribution in [0.4, 0.5) is 0 Å². The number of nitrogens with one attached hydrogen (secondary N) is 1. The normalized spacial score (nSPS) is 12.6. The number of furan rings is 1. The summed E-state index contributed by atoms with van der Waals surface area (Å²) in [5.41, 5.74) is 1.25. The first kappa shape index (κ1) is 11.4. The fourth-order valence-corrected chi connectivity index (χ4v) is 1.97. The maximum atomic E-state index is 5.34. The largest absolute Gasteiger partial charge is 0.468 e. The number of hydrogen-bond donors (Lipinski definition) is 1. The van der Waals surface area contributed by atoms with Crippen LogP contribution < -0.4 is 5.32 Å². The van der Waals surface area contributed by atoms with Gasteiger partial charge in [0, 0.05) is 11.0 Å². The van der Waals surface area contributed by atoms with Crippen molar-refractivity contribution in [1.29, 1.82) is 0 Å². The van der Waals surface area contributed by atoms with Crippen LogP contribution in [0.5, 0.6) is 0 Å². The molecule has 1 aromatic heterocycles. The van der Waals surface area contributed by atoms with Crippen molar-refractivity contribution in [3.63, 3.8) is 0 Å². The van der Waals surface area contributed by atoms with Crippen molar-refractivity contribution in [3.8, 4) is 0 Å². The second kappa shape index (κ2) is 5.32. The Morgan fingerprint density at radius 1 is 1.25 bits per heavy atom. The van der Waals surface area contributed by atoms with Crippen LogP contribution in [0.25, 0.3) is 0 Å². The van der Waals surface area contributed by atoms with E-state index in [4.69, 9.17) is 4.42 Å². The molecule has 1 N–H and O–H groups in total. The zero-order valence-corrected chi connectivity index (χ0v) is 10.7. The van der Waals surface area contributed by atoms with Gasteiger partial charge in [-0.25, -0.2) is 0 Å². The first-order valence-corrected chi connectivity index (χ1v) is 6.07. The Hall–Kier alpha value is -1.06. The summed E-state index contributed by atoms with van der Waals surface area (Å²) in [6.45, 7) is 2.92. The molecule has 1 unspecified atom stereocenters. The molecule has 0 saturated heterocycles. The van der Waals surface area contributed by atoms with Crippen molar-refractivity contribution in [1.82, 2.24) is 5.32 Å². The minimum atomic E-state index is 0.224. The molecule has 2 nitrogen and oxygen atoms in total. The van der Waals surface area contributed by atoms with E-state index in [-0.39, 0.29) is 6.04 Å². The second-order valence-electron chi connectivity index (χ2n) is 3.71. The van der Waals surface area contributed by atoms with Crippen molar-refractivity contribution >= 4 is 15.9 Å². The average Bonchev–Trinajstić information content (AvgIpc) is 2.81. The van der Waals surface area contributed by atoms with Gasteiger partial charge in [-0.05, 0) is 30.7 Å². The van der Waals surface area contributed by atoms with E-state index in [1.165, 1.54) is 5.56 Å². The van der Waals surface area contributed by atoms with Gasteiger partial charge >= 0.3 is 0 Å². The fourth-order valence-electron chi connectivity index (χ4n) is 1.54. The van der Waals surface area contributed by atoms with Crippen molar-refractivity contribution in [2.45, 2.75) is 19.5 Å². The molecule has 0 fully saturated rings. The molecule has 1 aromatic carbocycles. The fraction of sp³-hybridized carbons (Fsp3) is 0.231. The summed E-state index contributed by atoms with van der Waals surface area (Å²) in [5, 5.41) is 3.42. The van der Waals surface area contributed by atoms with Crippen molar-refractivity contribution < 1.29 is 4.42 Å². The highest BCUT2D eigenvalue weighted by Gasteiger charge is 2.07. The Labute approximate surface area is 104 Å². The SMILES string of the molecule is CC(NCc1ccccc1Br)c1ccco1. The number of halogens is 1. The number of rotatable bonds is 4. The number of hydrogen-bond acceptors (Lipinski definition) is 2. The van der Waals surface area contributed by atoms with Gasteiger partial charge in [-0.15, -0.1) is 0 Å². The standard InChI is InChI=1S/C13H14BrNO/c1-10(13-7-4-8-16-13)15-9-11-5-2-3-6-12(11)14/h2-8,10,15H,9H2,1H3. The van der Waals surface area contributed by atoms with E-state index < -0.39 is 0 Å². The minimum absolute atomic E-state index is 0.224. The minimum Gasteiger partial charge on any atom is -0.468 e. The molecule has 0 aliphatic carbocycles. The Morgan fingerprint density at radius 3 is 2.75 bits per heavy atom. The highest BCUT2D eigenvalue weighted by molar-refractivity contribution is 9.10. The van der Waals surface area contributed by atoms with Crippen LogP contribution in [0, 0.1) is 0 Å². The van der Waals surface area contributed by atoms with Crippen LogP contribution in [-0.2, 0) is 6.54 Å². The molecule has 1 atom stereocenters. The molecule has 0 aliphatic rings. The van der Waals surface area contributed by atoms with Gasteiger partial charge in [0.15, 0.2) is 0 Å². The summed E-state index contributed by atoms with van der Waals surface area (Å²) >= 11 is 3.53. The lowest BCUT2D eigenvalue weighted by Crippen LogP contribution is -2.17. The molecule has 84 valence electrons. The molecule has 0 aliphatic heterocycles. The van der Waals surface area contributed by atoms with Crippen LogP contribution in [0.3, 0.4) is 0 Å². The first-order chi connectivity index (χ1) is 7.77. The van der Waals surface area contributed by atoms with Gasteiger partial charge in [0.05, 0.1) is 12.3 Å². The molecule has 16 heavy (non-hydrogen) atoms. The Balaban J connectivity index is 1.95. The van der Waals surface area contributed by atoms with E-state index >= 15 is 0 Å². The van der Waals surface area contributed by atoms with Gasteiger partial charge in [-0.2, -0.15) is 0 Å². The third kappa shape index (κ3) is 2.74. The average molecular weight is 280 g/mol. The summed E-state index contributed by atoms with van der Waals surface area (Å²) in [6, 6.07) is 12.3. The van der Waals surface area contributed by atoms with E-state index in [1.807, 2.05) is 24.3 Å². The Bertz CT molecular complexity index is 439. The molecule has 3 heteroatoms. The van der Waals surface area contributed by atoms with Crippen molar-refractivity contribution in [2.24, 2.45) is 0 Å². The van der Waals surface area contributed by atoms with Gasteiger partial charge in [0.1, 0.15) is 5.76 Å². The summed E-state index contributed by atoms with van der Waals surface area (Å²) in [4.78, 5) is 0. The maximum absolute atomic E-state index is 5.34. The molecule has 0 radical (unpaired) electrons. The number of benzene rings is 1. The second-order valence-corrected chi connectivity index (χ2v) is 4.56. The van der Waals surface area contributed by atoms with Crippen LogP contribution in [0.2, 0.25) is 0 Å². The van der Waals surface area contributed by atoms with E-state index in [0.29, 0.717) is 0 Å². The summed E-state index contributed by atoms with van der Waals surface area (Å²) < 4.78 is 6.47. The van der Waals surface area contributed by atoms with Crippen LogP contribution >= 0.6 is 15.9 Å². The molecule has 0 spiro atoms. The lowest BCUT2D eigenvalue weighted by Gasteiger charge is -2.12. The lowest BCUT2D eigenvalue weighted by molar-refractivity contribution is 0.430. The molecular weight excluding hydrogens is 266 g/mol. The van der Waals surface area contributed by atoms with Crippen LogP contribution in [0.15, 0.2) is 51.6 Å². The quantitative estimate of drug-likeness (QED) is 0.919. The molecule has 2 aromatic rings. The van der Waals surface area contributed by atoms with E-state index in [2.05, 4.69) is 40.3 Å². The third-order valence-corrected chi connectivity index (χ3v) is 3.30. The van der Waals surface area contributed by atoms with E-state index in [9.17, 15) is 0 Å². The Morgan fingerprint density at radius 2 is 2.06 bits per heavy atom. The van der Waals surface area contributed by atoms with E-state index in [1.54, 1.807) is 6.26 Å². The smallest absolute Gasteiger partial charge is 0.120 e. The lowest BCUT2D eigenvalue weighted by atomic mass is 10.2. The maximum Gasteiger partial charge on any atom is 0.120 e. The van der Waals surface area contributed by atoms with Gasteiger partial charge in [-0.1, -0.05) is 34.1 Å². The zero-order chi connectivity index (χ0) is 11.4. The van der Waals surface area contributed by atoms with Gasteiger partial charge in [-0.3, -0.25) is 0 Å². The molecule has 1 heterocycles. The predicted octanol–water partition coefficient (Wildman–Crippen LogP) is 3.89. The summed E-state index contributed by atoms with van der Waals surface area (Å²) in [5.74, 6) is 0.965. The van der Waals surface area contributed by atoms with Gasteiger partial charge in [0.2, 0.25) is 0 Å².